The van der Waals surface area contributed by atoms with Gasteiger partial charge in [0.2, 0.25) is 0 Å². The average Bonchev–Trinajstić information content (AvgIpc) is 2.93. The fourth-order valence-electron chi connectivity index (χ4n) is 5.18. The standard InChI is InChI=1S/C27H35FN4.C7H12.C2H6/c1-18(2)15-32-22(6)19(3)12-26(30-32)23-11-20(4)24(25(28)14-23)13-21(5)31-16-27(17-31)7-9-29-10-8-27;1-3-5-7-6-4-2;1-2/h11-15,29H,6-10,16-17H2,1-5H3;3-5H2,1-2H3;1-2H3/b21-13+;;. The van der Waals surface area contributed by atoms with Gasteiger partial charge >= 0.3 is 0 Å². The maximum Gasteiger partial charge on any atom is 0.131 e. The number of hydrogen-bond acceptors (Lipinski definition) is 4. The van der Waals surface area contributed by atoms with Crippen molar-refractivity contribution in [2.75, 3.05) is 26.2 Å². The van der Waals surface area contributed by atoms with Gasteiger partial charge in [0.1, 0.15) is 5.82 Å². The van der Waals surface area contributed by atoms with Crippen LogP contribution in [0.15, 0.2) is 58.6 Å². The lowest BCUT2D eigenvalue weighted by atomic mass is 9.72. The van der Waals surface area contributed by atoms with E-state index >= 15 is 4.39 Å². The minimum atomic E-state index is -0.205. The monoisotopic (exact) mass is 560 g/mol. The quantitative estimate of drug-likeness (QED) is 0.365. The summed E-state index contributed by atoms with van der Waals surface area (Å²) >= 11 is 0. The number of likely N-dealkylation sites (tertiary alicyclic amines) is 1. The maximum absolute atomic E-state index is 15.3. The van der Waals surface area contributed by atoms with Gasteiger partial charge in [-0.25, -0.2) is 9.40 Å². The minimum absolute atomic E-state index is 0.205. The fourth-order valence-corrected chi connectivity index (χ4v) is 5.18. The highest BCUT2D eigenvalue weighted by atomic mass is 19.1. The van der Waals surface area contributed by atoms with Crippen molar-refractivity contribution in [2.45, 2.75) is 94.4 Å². The summed E-state index contributed by atoms with van der Waals surface area (Å²) in [4.78, 5) is 2.39. The second-order valence-electron chi connectivity index (χ2n) is 11.3. The molecule has 0 bridgehead atoms. The number of hydrogen-bond donors (Lipinski definition) is 1. The van der Waals surface area contributed by atoms with Crippen molar-refractivity contribution in [3.8, 4) is 11.8 Å². The molecule has 2 saturated heterocycles. The van der Waals surface area contributed by atoms with Crippen molar-refractivity contribution in [3.63, 3.8) is 0 Å². The molecular weight excluding hydrogens is 507 g/mol. The summed E-state index contributed by atoms with van der Waals surface area (Å²) in [5.74, 6) is 5.83. The van der Waals surface area contributed by atoms with Gasteiger partial charge in [0.15, 0.2) is 0 Å². The fraction of sp³-hybridized carbons (Fsp3) is 0.528. The van der Waals surface area contributed by atoms with E-state index in [9.17, 15) is 0 Å². The molecule has 0 saturated carbocycles. The highest BCUT2D eigenvalue weighted by molar-refractivity contribution is 6.10. The van der Waals surface area contributed by atoms with E-state index < -0.39 is 0 Å². The van der Waals surface area contributed by atoms with Crippen molar-refractivity contribution in [1.29, 1.82) is 0 Å². The summed E-state index contributed by atoms with van der Waals surface area (Å²) in [6, 6.07) is 3.64. The Hall–Kier alpha value is -3.10. The highest BCUT2D eigenvalue weighted by Crippen LogP contribution is 2.41. The summed E-state index contributed by atoms with van der Waals surface area (Å²) in [6.45, 7) is 26.9. The smallest absolute Gasteiger partial charge is 0.131 e. The molecule has 0 amide bonds. The normalized spacial score (nSPS) is 17.5. The number of halogens is 1. The van der Waals surface area contributed by atoms with E-state index in [1.807, 2.05) is 66.0 Å². The highest BCUT2D eigenvalue weighted by Gasteiger charge is 2.43. The first-order chi connectivity index (χ1) is 19.6. The van der Waals surface area contributed by atoms with Crippen LogP contribution in [0.4, 0.5) is 4.39 Å². The van der Waals surface area contributed by atoms with Crippen LogP contribution in [-0.4, -0.2) is 41.8 Å². The van der Waals surface area contributed by atoms with Gasteiger partial charge < -0.3 is 10.2 Å². The Morgan fingerprint density at radius 2 is 1.76 bits per heavy atom. The number of allylic oxidation sites excluding steroid dienone is 4. The molecule has 41 heavy (non-hydrogen) atoms. The average molecular weight is 561 g/mol. The zero-order valence-corrected chi connectivity index (χ0v) is 27.2. The van der Waals surface area contributed by atoms with Crippen LogP contribution in [0.5, 0.6) is 0 Å². The number of nitrogens with zero attached hydrogens (tertiary/aromatic N) is 3. The van der Waals surface area contributed by atoms with Crippen molar-refractivity contribution < 1.29 is 4.39 Å². The third kappa shape index (κ3) is 9.47. The van der Waals surface area contributed by atoms with Gasteiger partial charge in [-0.1, -0.05) is 39.8 Å². The van der Waals surface area contributed by atoms with Crippen LogP contribution >= 0.6 is 0 Å². The van der Waals surface area contributed by atoms with Gasteiger partial charge in [-0.05, 0) is 102 Å². The summed E-state index contributed by atoms with van der Waals surface area (Å²) < 4.78 is 15.3. The van der Waals surface area contributed by atoms with Gasteiger partial charge in [0, 0.05) is 54.4 Å². The van der Waals surface area contributed by atoms with Crippen LogP contribution in [0.1, 0.15) is 104 Å². The van der Waals surface area contributed by atoms with Gasteiger partial charge in [-0.2, -0.15) is 5.10 Å². The summed E-state index contributed by atoms with van der Waals surface area (Å²) in [5, 5.41) is 9.93. The van der Waals surface area contributed by atoms with Crippen molar-refractivity contribution >= 4 is 11.8 Å². The zero-order valence-electron chi connectivity index (χ0n) is 27.2. The van der Waals surface area contributed by atoms with Gasteiger partial charge in [0.25, 0.3) is 0 Å². The molecule has 3 heterocycles. The van der Waals surface area contributed by atoms with E-state index in [0.29, 0.717) is 11.0 Å². The van der Waals surface area contributed by atoms with E-state index in [-0.39, 0.29) is 5.82 Å². The molecule has 1 aromatic carbocycles. The molecule has 1 aromatic rings. The predicted molar refractivity (Wildman–Crippen MR) is 176 cm³/mol. The molecule has 5 heteroatoms. The summed E-state index contributed by atoms with van der Waals surface area (Å²) in [6.07, 6.45) is 11.7. The van der Waals surface area contributed by atoms with Crippen LogP contribution < -0.4 is 5.32 Å². The minimum Gasteiger partial charge on any atom is -0.374 e. The van der Waals surface area contributed by atoms with E-state index in [2.05, 4.69) is 49.4 Å². The lowest BCUT2D eigenvalue weighted by molar-refractivity contribution is 0.00311. The molecule has 224 valence electrons. The molecule has 2 fully saturated rings. The largest absolute Gasteiger partial charge is 0.374 e. The van der Waals surface area contributed by atoms with Crippen molar-refractivity contribution in [3.05, 3.63) is 76.0 Å². The maximum atomic E-state index is 15.3. The zero-order chi connectivity index (χ0) is 30.6. The summed E-state index contributed by atoms with van der Waals surface area (Å²) in [7, 11) is 0. The number of nitrogens with one attached hydrogen (secondary N) is 1. The van der Waals surface area contributed by atoms with E-state index in [1.165, 1.54) is 19.3 Å². The van der Waals surface area contributed by atoms with Crippen LogP contribution in [-0.2, 0) is 0 Å². The Kier molecular flexibility index (Phi) is 13.6. The molecule has 1 N–H and O–H groups in total. The van der Waals surface area contributed by atoms with E-state index in [0.717, 1.165) is 78.4 Å². The molecule has 3 aliphatic heterocycles. The topological polar surface area (TPSA) is 30.9 Å². The third-order valence-corrected chi connectivity index (χ3v) is 7.56. The second-order valence-corrected chi connectivity index (χ2v) is 11.3. The van der Waals surface area contributed by atoms with Crippen LogP contribution in [0.25, 0.3) is 6.08 Å². The molecule has 4 rings (SSSR count). The number of hydrazone groups is 1. The first-order valence-corrected chi connectivity index (χ1v) is 15.4. The van der Waals surface area contributed by atoms with Crippen molar-refractivity contribution in [1.82, 2.24) is 15.2 Å². The van der Waals surface area contributed by atoms with Crippen molar-refractivity contribution in [2.24, 2.45) is 10.5 Å². The number of piperidine rings is 1. The third-order valence-electron chi connectivity index (χ3n) is 7.56. The molecular formula is C36H53FN4. The lowest BCUT2D eigenvalue weighted by Gasteiger charge is -2.54. The molecule has 0 atom stereocenters. The van der Waals surface area contributed by atoms with Crippen LogP contribution in [0, 0.1) is 30.0 Å². The molecule has 0 aromatic heterocycles. The molecule has 0 unspecified atom stereocenters. The molecule has 0 radical (unpaired) electrons. The Morgan fingerprint density at radius 1 is 1.10 bits per heavy atom. The SMILES string of the molecule is C=C1C(C)=CC(c2cc(C)c(/C=C(\C)N3CC4(CCNCC4)C3)c(F)c2)=NN1C=C(C)C.CC.CCC#CCCC. The van der Waals surface area contributed by atoms with Gasteiger partial charge in [-0.3, -0.25) is 0 Å². The lowest BCUT2D eigenvalue weighted by Crippen LogP contribution is -2.58. The Bertz CT molecular complexity index is 1200. The number of aryl methyl sites for hydroxylation is 1. The number of rotatable bonds is 5. The Morgan fingerprint density at radius 3 is 2.32 bits per heavy atom. The molecule has 4 nitrogen and oxygen atoms in total. The second kappa shape index (κ2) is 16.4. The van der Waals surface area contributed by atoms with E-state index in [4.69, 9.17) is 5.10 Å². The Labute approximate surface area is 250 Å². The number of unbranched alkanes of at least 4 members (excludes halogenated alkanes) is 1. The van der Waals surface area contributed by atoms with Crippen LogP contribution in [0.2, 0.25) is 0 Å². The predicted octanol–water partition coefficient (Wildman–Crippen LogP) is 8.81. The van der Waals surface area contributed by atoms with E-state index in [1.54, 1.807) is 11.1 Å². The first-order valence-electron chi connectivity index (χ1n) is 15.4. The van der Waals surface area contributed by atoms with Gasteiger partial charge in [-0.15, -0.1) is 11.8 Å². The van der Waals surface area contributed by atoms with Gasteiger partial charge in [0.05, 0.1) is 11.4 Å². The first kappa shape index (κ1) is 34.1. The summed E-state index contributed by atoms with van der Waals surface area (Å²) in [5.41, 5.74) is 7.70. The number of benzene rings is 1. The Balaban J connectivity index is 0.000000573. The molecule has 1 spiro atoms. The van der Waals surface area contributed by atoms with Crippen LogP contribution in [0.3, 0.4) is 0 Å². The molecule has 3 aliphatic rings. The molecule has 0 aliphatic carbocycles.